The Morgan fingerprint density at radius 3 is 1.15 bits per heavy atom. The van der Waals surface area contributed by atoms with Crippen molar-refractivity contribution >= 4 is 29.5 Å². The van der Waals surface area contributed by atoms with Crippen molar-refractivity contribution in [1.29, 1.82) is 0 Å². The van der Waals surface area contributed by atoms with Gasteiger partial charge in [-0.2, -0.15) is 0 Å². The number of allylic oxidation sites excluding steroid dienone is 1. The summed E-state index contributed by atoms with van der Waals surface area (Å²) in [6.45, 7) is 2.46. The first-order valence-electron chi connectivity index (χ1n) is 22.3. The topological polar surface area (TPSA) is 371 Å². The third kappa shape index (κ3) is 23.6. The highest BCUT2D eigenvalue weighted by Gasteiger charge is 2.45. The molecule has 0 aromatic heterocycles. The molecule has 24 nitrogen and oxygen atoms in total. The standard InChI is InChI=1S/C41H74N6O18/c1-26(50)11-5-2-8-14-42-31(53)21-47(22-32(54)43-15-9-3-6-12-29(51)45-17-19-62-40-38(60)36(58)34(56)27(24-48)64-40)23-33(55)44-16-10-4-7-13-30(52)46-18-20-63-41-39(61)37(59)35(57)28(25-49)65-41/h27-28,34-41,48-50,56-61H,1-25H2,(H,42,53)(H,43,54)(H,44,55)(H,45,51)(H,46,52)/p-1. The number of unbranched alkanes of at least 4 members (excludes halogenated alkanes) is 6. The van der Waals surface area contributed by atoms with E-state index in [0.717, 1.165) is 6.42 Å². The van der Waals surface area contributed by atoms with Crippen LogP contribution in [0.3, 0.4) is 0 Å². The molecule has 2 aliphatic heterocycles. The number of amides is 5. The van der Waals surface area contributed by atoms with E-state index in [1.54, 1.807) is 0 Å². The first kappa shape index (κ1) is 57.5. The van der Waals surface area contributed by atoms with Crippen LogP contribution in [0.5, 0.6) is 0 Å². The number of ether oxygens (including phenoxy) is 4. The van der Waals surface area contributed by atoms with Crippen molar-refractivity contribution in [3.8, 4) is 0 Å². The maximum absolute atomic E-state index is 12.8. The minimum absolute atomic E-state index is 0.0635. The summed E-state index contributed by atoms with van der Waals surface area (Å²) < 4.78 is 21.2. The zero-order valence-electron chi connectivity index (χ0n) is 37.1. The van der Waals surface area contributed by atoms with Crippen LogP contribution in [0.1, 0.15) is 77.0 Å². The Balaban J connectivity index is 1.65. The van der Waals surface area contributed by atoms with Crippen LogP contribution >= 0.6 is 0 Å². The summed E-state index contributed by atoms with van der Waals surface area (Å²) in [6, 6.07) is 0. The normalized spacial score (nSPS) is 25.4. The molecule has 5 amide bonds. The number of aliphatic hydroxyl groups excluding tert-OH is 8. The number of hydrogen-bond acceptors (Lipinski definition) is 19. The minimum Gasteiger partial charge on any atom is -0.876 e. The number of aliphatic hydroxyl groups is 8. The van der Waals surface area contributed by atoms with Crippen molar-refractivity contribution < 1.29 is 88.9 Å². The molecule has 2 rings (SSSR count). The summed E-state index contributed by atoms with van der Waals surface area (Å²) in [5, 5.41) is 103. The zero-order valence-corrected chi connectivity index (χ0v) is 37.1. The summed E-state index contributed by atoms with van der Waals surface area (Å²) >= 11 is 0. The molecular formula is C41H73N6O18-. The molecule has 0 saturated carbocycles. The van der Waals surface area contributed by atoms with Gasteiger partial charge in [-0.15, -0.1) is 12.3 Å². The Morgan fingerprint density at radius 1 is 0.477 bits per heavy atom. The summed E-state index contributed by atoms with van der Waals surface area (Å²) in [5.41, 5.74) is 0. The fourth-order valence-electron chi connectivity index (χ4n) is 6.74. The molecule has 0 aromatic rings. The second-order valence-electron chi connectivity index (χ2n) is 16.0. The summed E-state index contributed by atoms with van der Waals surface area (Å²) in [4.78, 5) is 64.2. The predicted molar refractivity (Wildman–Crippen MR) is 225 cm³/mol. The first-order valence-corrected chi connectivity index (χ1v) is 22.3. The molecule has 2 fully saturated rings. The second-order valence-corrected chi connectivity index (χ2v) is 16.0. The quantitative estimate of drug-likeness (QED) is 0.0211. The van der Waals surface area contributed by atoms with Gasteiger partial charge >= 0.3 is 0 Å². The lowest BCUT2D eigenvalue weighted by atomic mass is 9.99. The van der Waals surface area contributed by atoms with Crippen LogP contribution in [-0.2, 0) is 42.9 Å². The van der Waals surface area contributed by atoms with Crippen LogP contribution in [0.4, 0.5) is 0 Å². The third-order valence-electron chi connectivity index (χ3n) is 10.5. The van der Waals surface area contributed by atoms with Crippen molar-refractivity contribution in [2.75, 3.05) is 78.8 Å². The van der Waals surface area contributed by atoms with Gasteiger partial charge in [-0.1, -0.05) is 25.7 Å². The maximum Gasteiger partial charge on any atom is 0.234 e. The molecule has 0 aliphatic carbocycles. The van der Waals surface area contributed by atoms with Crippen LogP contribution in [0.15, 0.2) is 12.3 Å². The molecule has 13 N–H and O–H groups in total. The molecule has 10 atom stereocenters. The van der Waals surface area contributed by atoms with E-state index in [1.165, 1.54) is 4.90 Å². The zero-order chi connectivity index (χ0) is 48.1. The Labute approximate surface area is 379 Å². The van der Waals surface area contributed by atoms with E-state index in [2.05, 4.69) is 33.2 Å². The number of nitrogens with one attached hydrogen (secondary N) is 5. The lowest BCUT2D eigenvalue weighted by molar-refractivity contribution is -0.306. The highest BCUT2D eigenvalue weighted by atomic mass is 16.7. The van der Waals surface area contributed by atoms with Gasteiger partial charge in [0.2, 0.25) is 29.5 Å². The van der Waals surface area contributed by atoms with Gasteiger partial charge in [-0.3, -0.25) is 28.9 Å². The first-order chi connectivity index (χ1) is 31.1. The predicted octanol–water partition coefficient (Wildman–Crippen LogP) is -5.94. The third-order valence-corrected chi connectivity index (χ3v) is 10.5. The monoisotopic (exact) mass is 937 g/mol. The molecule has 65 heavy (non-hydrogen) atoms. The van der Waals surface area contributed by atoms with E-state index in [4.69, 9.17) is 18.9 Å². The number of nitrogens with zero attached hydrogens (tertiary/aromatic N) is 1. The molecule has 2 aliphatic rings. The number of carbonyl (C=O) groups is 5. The van der Waals surface area contributed by atoms with Gasteiger partial charge in [0.15, 0.2) is 12.6 Å². The average molecular weight is 938 g/mol. The molecule has 376 valence electrons. The van der Waals surface area contributed by atoms with Crippen LogP contribution in [0, 0.1) is 0 Å². The van der Waals surface area contributed by atoms with Gasteiger partial charge in [0, 0.05) is 45.6 Å². The van der Waals surface area contributed by atoms with Crippen molar-refractivity contribution in [2.24, 2.45) is 0 Å². The van der Waals surface area contributed by atoms with Gasteiger partial charge in [-0.05, 0) is 38.5 Å². The molecule has 0 aromatic carbocycles. The second kappa shape index (κ2) is 32.9. The van der Waals surface area contributed by atoms with E-state index in [1.807, 2.05) is 0 Å². The average Bonchev–Trinajstić information content (AvgIpc) is 3.26. The van der Waals surface area contributed by atoms with E-state index < -0.39 is 86.4 Å². The van der Waals surface area contributed by atoms with Crippen LogP contribution in [0.25, 0.3) is 0 Å². The van der Waals surface area contributed by atoms with E-state index >= 15 is 0 Å². The summed E-state index contributed by atoms with van der Waals surface area (Å²) in [5.74, 6) is -1.85. The smallest absolute Gasteiger partial charge is 0.234 e. The van der Waals surface area contributed by atoms with E-state index in [9.17, 15) is 69.9 Å². The Bertz CT molecular complexity index is 1330. The lowest BCUT2D eigenvalue weighted by Crippen LogP contribution is -2.59. The van der Waals surface area contributed by atoms with Crippen molar-refractivity contribution in [3.05, 3.63) is 12.3 Å². The van der Waals surface area contributed by atoms with Crippen LogP contribution < -0.4 is 31.7 Å². The number of carbonyl (C=O) groups excluding carboxylic acids is 5. The summed E-state index contributed by atoms with van der Waals surface area (Å²) in [6.07, 6.45) is -7.88. The molecular weight excluding hydrogens is 864 g/mol. The summed E-state index contributed by atoms with van der Waals surface area (Å²) in [7, 11) is 0. The van der Waals surface area contributed by atoms with Gasteiger partial charge in [0.1, 0.15) is 48.8 Å². The van der Waals surface area contributed by atoms with Crippen molar-refractivity contribution in [1.82, 2.24) is 31.5 Å². The van der Waals surface area contributed by atoms with Crippen LogP contribution in [-0.4, -0.2) is 215 Å². The highest BCUT2D eigenvalue weighted by Crippen LogP contribution is 2.23. The van der Waals surface area contributed by atoms with Gasteiger partial charge in [0.05, 0.1) is 46.1 Å². The molecule has 0 spiro atoms. The van der Waals surface area contributed by atoms with Crippen LogP contribution in [0.2, 0.25) is 0 Å². The molecule has 10 unspecified atom stereocenters. The number of hydrogen-bond donors (Lipinski definition) is 13. The highest BCUT2D eigenvalue weighted by molar-refractivity contribution is 5.84. The van der Waals surface area contributed by atoms with Crippen molar-refractivity contribution in [2.45, 2.75) is 138 Å². The minimum atomic E-state index is -1.57. The Hall–Kier alpha value is -3.63. The molecule has 0 bridgehead atoms. The number of rotatable bonds is 34. The van der Waals surface area contributed by atoms with Gasteiger partial charge < -0.3 is 91.5 Å². The largest absolute Gasteiger partial charge is 0.876 e. The maximum atomic E-state index is 12.8. The molecule has 0 radical (unpaired) electrons. The van der Waals surface area contributed by atoms with Gasteiger partial charge in [0.25, 0.3) is 0 Å². The molecule has 24 heteroatoms. The SMILES string of the molecule is C=C([O-])CCCCCNC(=O)CN(CC(=O)NCCCCCC(=O)NCCOC1OC(CO)C(O)C(O)C1O)CC(=O)NCCCCCC(=O)NCCOC1OC(CO)C(O)C(O)C1O. The van der Waals surface area contributed by atoms with Gasteiger partial charge in [-0.25, -0.2) is 0 Å². The molecule has 2 heterocycles. The van der Waals surface area contributed by atoms with E-state index in [0.29, 0.717) is 77.4 Å². The fourth-order valence-corrected chi connectivity index (χ4v) is 6.74. The fraction of sp³-hybridized carbons (Fsp3) is 0.829. The van der Waals surface area contributed by atoms with Crippen molar-refractivity contribution in [3.63, 3.8) is 0 Å². The lowest BCUT2D eigenvalue weighted by Gasteiger charge is -2.39. The van der Waals surface area contributed by atoms with E-state index in [-0.39, 0.29) is 82.3 Å². The Morgan fingerprint density at radius 2 is 0.815 bits per heavy atom. The molecule has 2 saturated heterocycles. The Kier molecular flexibility index (Phi) is 29.1.